The number of nitrogens with zero attached hydrogens (tertiary/aromatic N) is 3. The maximum atomic E-state index is 13.0. The number of anilines is 1. The number of rotatable bonds is 7. The Morgan fingerprint density at radius 3 is 2.41 bits per heavy atom. The molecule has 7 nitrogen and oxygen atoms in total. The molecule has 0 radical (unpaired) electrons. The molecule has 1 aliphatic carbocycles. The zero-order valence-electron chi connectivity index (χ0n) is 17.6. The lowest BCUT2D eigenvalue weighted by Crippen LogP contribution is -2.55. The van der Waals surface area contributed by atoms with Crippen LogP contribution in [0.25, 0.3) is 0 Å². The van der Waals surface area contributed by atoms with Crippen LogP contribution >= 0.6 is 0 Å². The molecule has 2 fully saturated rings. The van der Waals surface area contributed by atoms with Crippen LogP contribution in [0.4, 0.5) is 5.69 Å². The van der Waals surface area contributed by atoms with E-state index in [9.17, 15) is 13.2 Å². The number of amides is 1. The molecule has 162 valence electrons. The summed E-state index contributed by atoms with van der Waals surface area (Å²) in [4.78, 5) is 14.5. The average Bonchev–Trinajstić information content (AvgIpc) is 2.74. The fourth-order valence-corrected chi connectivity index (χ4v) is 5.85. The average molecular weight is 423 g/mol. The molecule has 1 saturated heterocycles. The number of nitrogens with one attached hydrogen (secondary N) is 1. The van der Waals surface area contributed by atoms with Gasteiger partial charge in [0.2, 0.25) is 5.91 Å². The quantitative estimate of drug-likeness (QED) is 0.732. The van der Waals surface area contributed by atoms with Crippen LogP contribution < -0.4 is 5.32 Å². The van der Waals surface area contributed by atoms with Gasteiger partial charge < -0.3 is 5.32 Å². The molecule has 1 amide bonds. The molecule has 0 aromatic heterocycles. The summed E-state index contributed by atoms with van der Waals surface area (Å²) in [6.07, 6.45) is 6.18. The topological polar surface area (TPSA) is 73.0 Å². The van der Waals surface area contributed by atoms with Gasteiger partial charge in [0.15, 0.2) is 0 Å². The third-order valence-corrected chi connectivity index (χ3v) is 8.19. The normalized spacial score (nSPS) is 20.1. The molecule has 1 saturated carbocycles. The summed E-state index contributed by atoms with van der Waals surface area (Å²) in [5.74, 6) is -0.0541. The van der Waals surface area contributed by atoms with Crippen LogP contribution in [-0.2, 0) is 21.4 Å². The van der Waals surface area contributed by atoms with E-state index >= 15 is 0 Å². The van der Waals surface area contributed by atoms with Gasteiger partial charge in [0.25, 0.3) is 10.2 Å². The van der Waals surface area contributed by atoms with E-state index in [0.29, 0.717) is 26.2 Å². The van der Waals surface area contributed by atoms with Crippen molar-refractivity contribution in [3.63, 3.8) is 0 Å². The molecule has 1 aromatic rings. The molecule has 1 heterocycles. The Hall–Kier alpha value is -1.48. The van der Waals surface area contributed by atoms with Gasteiger partial charge in [-0.05, 0) is 30.9 Å². The van der Waals surface area contributed by atoms with E-state index < -0.39 is 10.2 Å². The third kappa shape index (κ3) is 5.57. The number of para-hydroxylation sites is 1. The summed E-state index contributed by atoms with van der Waals surface area (Å²) in [6.45, 7) is 4.34. The summed E-state index contributed by atoms with van der Waals surface area (Å²) < 4.78 is 29.1. The van der Waals surface area contributed by atoms with Gasteiger partial charge in [0, 0.05) is 45.0 Å². The van der Waals surface area contributed by atoms with E-state index in [2.05, 4.69) is 12.2 Å². The lowest BCUT2D eigenvalue weighted by Gasteiger charge is -2.38. The molecule has 3 rings (SSSR count). The molecule has 1 aliphatic heterocycles. The summed E-state index contributed by atoms with van der Waals surface area (Å²) in [5, 5.41) is 2.99. The Labute approximate surface area is 175 Å². The van der Waals surface area contributed by atoms with Gasteiger partial charge in [-0.15, -0.1) is 0 Å². The van der Waals surface area contributed by atoms with E-state index in [4.69, 9.17) is 0 Å². The SMILES string of the molecule is CCc1ccccc1NC(=O)CN1CCN(S(=O)(=O)N(C)C2CCCCC2)CC1. The number of benzene rings is 1. The molecular formula is C21H34N4O3S. The minimum Gasteiger partial charge on any atom is -0.325 e. The first kappa shape index (κ1) is 22.2. The lowest BCUT2D eigenvalue weighted by molar-refractivity contribution is -0.117. The second-order valence-electron chi connectivity index (χ2n) is 8.05. The summed E-state index contributed by atoms with van der Waals surface area (Å²) in [6, 6.07) is 7.94. The number of aryl methyl sites for hydroxylation is 1. The molecule has 1 aromatic carbocycles. The second-order valence-corrected chi connectivity index (χ2v) is 10.0. The van der Waals surface area contributed by atoms with Crippen molar-refractivity contribution < 1.29 is 13.2 Å². The minimum atomic E-state index is -3.43. The molecule has 1 N–H and O–H groups in total. The maximum Gasteiger partial charge on any atom is 0.282 e. The predicted molar refractivity (Wildman–Crippen MR) is 116 cm³/mol. The van der Waals surface area contributed by atoms with E-state index in [0.717, 1.165) is 43.4 Å². The fraction of sp³-hybridized carbons (Fsp3) is 0.667. The van der Waals surface area contributed by atoms with Crippen molar-refractivity contribution in [1.29, 1.82) is 0 Å². The molecular weight excluding hydrogens is 388 g/mol. The summed E-state index contributed by atoms with van der Waals surface area (Å²) in [5.41, 5.74) is 1.97. The van der Waals surface area contributed by atoms with E-state index in [1.54, 1.807) is 15.7 Å². The molecule has 0 unspecified atom stereocenters. The van der Waals surface area contributed by atoms with Gasteiger partial charge in [0.05, 0.1) is 6.54 Å². The molecule has 0 atom stereocenters. The molecule has 0 spiro atoms. The number of carbonyl (C=O) groups excluding carboxylic acids is 1. The highest BCUT2D eigenvalue weighted by Gasteiger charge is 2.34. The van der Waals surface area contributed by atoms with Gasteiger partial charge in [-0.3, -0.25) is 9.69 Å². The Kier molecular flexibility index (Phi) is 7.67. The lowest BCUT2D eigenvalue weighted by atomic mass is 9.96. The van der Waals surface area contributed by atoms with Crippen molar-refractivity contribution in [3.8, 4) is 0 Å². The molecule has 29 heavy (non-hydrogen) atoms. The Morgan fingerprint density at radius 1 is 1.10 bits per heavy atom. The number of carbonyl (C=O) groups is 1. The monoisotopic (exact) mass is 422 g/mol. The van der Waals surface area contributed by atoms with Crippen molar-refractivity contribution >= 4 is 21.8 Å². The number of hydrogen-bond acceptors (Lipinski definition) is 4. The van der Waals surface area contributed by atoms with Gasteiger partial charge in [-0.1, -0.05) is 44.4 Å². The van der Waals surface area contributed by atoms with Gasteiger partial charge in [-0.2, -0.15) is 17.0 Å². The van der Waals surface area contributed by atoms with Crippen LogP contribution in [-0.4, -0.2) is 73.6 Å². The summed E-state index contributed by atoms with van der Waals surface area (Å²) >= 11 is 0. The first-order valence-electron chi connectivity index (χ1n) is 10.7. The highest BCUT2D eigenvalue weighted by molar-refractivity contribution is 7.86. The van der Waals surface area contributed by atoms with Gasteiger partial charge in [-0.25, -0.2) is 0 Å². The zero-order valence-corrected chi connectivity index (χ0v) is 18.5. The second kappa shape index (κ2) is 10.0. The van der Waals surface area contributed by atoms with E-state index in [1.807, 2.05) is 29.2 Å². The fourth-order valence-electron chi connectivity index (χ4n) is 4.28. The van der Waals surface area contributed by atoms with Gasteiger partial charge >= 0.3 is 0 Å². The van der Waals surface area contributed by atoms with Crippen LogP contribution in [0.2, 0.25) is 0 Å². The smallest absolute Gasteiger partial charge is 0.282 e. The van der Waals surface area contributed by atoms with Crippen molar-refractivity contribution in [3.05, 3.63) is 29.8 Å². The Morgan fingerprint density at radius 2 is 1.76 bits per heavy atom. The summed E-state index contributed by atoms with van der Waals surface area (Å²) in [7, 11) is -1.71. The molecule has 0 bridgehead atoms. The third-order valence-electron chi connectivity index (χ3n) is 6.15. The van der Waals surface area contributed by atoms with Crippen LogP contribution in [0.3, 0.4) is 0 Å². The minimum absolute atomic E-state index is 0.0541. The highest BCUT2D eigenvalue weighted by atomic mass is 32.2. The Bertz CT molecular complexity index is 785. The van der Waals surface area contributed by atoms with E-state index in [1.165, 1.54) is 6.42 Å². The standard InChI is InChI=1S/C21H34N4O3S/c1-3-18-9-7-8-12-20(18)22-21(26)17-24-13-15-25(16-14-24)29(27,28)23(2)19-10-5-4-6-11-19/h7-9,12,19H,3-6,10-11,13-17H2,1-2H3,(H,22,26). The van der Waals surface area contributed by atoms with Crippen molar-refractivity contribution in [1.82, 2.24) is 13.5 Å². The van der Waals surface area contributed by atoms with E-state index in [-0.39, 0.29) is 18.5 Å². The Balaban J connectivity index is 1.50. The maximum absolute atomic E-state index is 13.0. The van der Waals surface area contributed by atoms with Crippen molar-refractivity contribution in [2.24, 2.45) is 0 Å². The van der Waals surface area contributed by atoms with Gasteiger partial charge in [0.1, 0.15) is 0 Å². The van der Waals surface area contributed by atoms with Crippen LogP contribution in [0.15, 0.2) is 24.3 Å². The van der Waals surface area contributed by atoms with Crippen molar-refractivity contribution in [2.75, 3.05) is 45.1 Å². The predicted octanol–water partition coefficient (Wildman–Crippen LogP) is 2.31. The molecule has 8 heteroatoms. The largest absolute Gasteiger partial charge is 0.325 e. The zero-order chi connectivity index (χ0) is 20.9. The first-order chi connectivity index (χ1) is 13.9. The first-order valence-corrected chi connectivity index (χ1v) is 12.1. The van der Waals surface area contributed by atoms with Crippen LogP contribution in [0.5, 0.6) is 0 Å². The van der Waals surface area contributed by atoms with Crippen molar-refractivity contribution in [2.45, 2.75) is 51.5 Å². The van der Waals surface area contributed by atoms with Crippen LogP contribution in [0.1, 0.15) is 44.6 Å². The highest BCUT2D eigenvalue weighted by Crippen LogP contribution is 2.25. The number of hydrogen-bond donors (Lipinski definition) is 1. The van der Waals surface area contributed by atoms with Crippen LogP contribution in [0, 0.1) is 0 Å². The number of piperazine rings is 1. The molecule has 2 aliphatic rings.